The van der Waals surface area contributed by atoms with Crippen LogP contribution < -0.4 is 10.6 Å². The largest absolute Gasteiger partial charge is 0.394 e. The molecular weight excluding hydrogens is 268 g/mol. The van der Waals surface area contributed by atoms with Crippen LogP contribution in [0.2, 0.25) is 0 Å². The summed E-state index contributed by atoms with van der Waals surface area (Å²) >= 11 is 0. The summed E-state index contributed by atoms with van der Waals surface area (Å²) < 4.78 is 0. The summed E-state index contributed by atoms with van der Waals surface area (Å²) in [4.78, 5) is 23.8. The zero-order chi connectivity index (χ0) is 16.0. The third-order valence-electron chi connectivity index (χ3n) is 3.16. The molecule has 0 fully saturated rings. The first-order valence-electron chi connectivity index (χ1n) is 7.13. The second kappa shape index (κ2) is 7.78. The number of benzene rings is 1. The van der Waals surface area contributed by atoms with E-state index in [1.807, 2.05) is 45.9 Å². The number of nitrogens with one attached hydrogen (secondary N) is 2. The minimum absolute atomic E-state index is 0.180. The van der Waals surface area contributed by atoms with Crippen molar-refractivity contribution in [2.24, 2.45) is 5.92 Å². The summed E-state index contributed by atoms with van der Waals surface area (Å²) in [6.07, 6.45) is 0.624. The molecule has 0 aromatic heterocycles. The first kappa shape index (κ1) is 17.2. The van der Waals surface area contributed by atoms with Crippen molar-refractivity contribution in [3.63, 3.8) is 0 Å². The molecule has 1 atom stereocenters. The minimum Gasteiger partial charge on any atom is -0.394 e. The van der Waals surface area contributed by atoms with Gasteiger partial charge in [0.05, 0.1) is 12.6 Å². The highest BCUT2D eigenvalue weighted by atomic mass is 16.3. The number of anilines is 1. The molecule has 0 aliphatic heterocycles. The van der Waals surface area contributed by atoms with Crippen LogP contribution in [-0.2, 0) is 9.59 Å². The van der Waals surface area contributed by atoms with Crippen molar-refractivity contribution in [1.29, 1.82) is 0 Å². The molecule has 0 aliphatic rings. The average Bonchev–Trinajstić information content (AvgIpc) is 2.41. The number of hydrogen-bond donors (Lipinski definition) is 3. The van der Waals surface area contributed by atoms with Gasteiger partial charge in [-0.3, -0.25) is 9.59 Å². The van der Waals surface area contributed by atoms with E-state index in [2.05, 4.69) is 10.6 Å². The standard InChI is InChI=1S/C16H24N2O3/c1-10(2)7-13(9-19)17-15(20)16(21)18-14-8-11(3)5-6-12(14)4/h5-6,8,10,13,19H,7,9H2,1-4H3,(H,17,20)(H,18,21). The molecule has 1 aromatic rings. The van der Waals surface area contributed by atoms with Crippen LogP contribution in [0.5, 0.6) is 0 Å². The van der Waals surface area contributed by atoms with Gasteiger partial charge in [-0.25, -0.2) is 0 Å². The number of carbonyl (C=O) groups is 2. The number of aryl methyl sites for hydroxylation is 2. The number of rotatable bonds is 5. The molecule has 5 nitrogen and oxygen atoms in total. The Morgan fingerprint density at radius 1 is 1.19 bits per heavy atom. The van der Waals surface area contributed by atoms with Crippen molar-refractivity contribution >= 4 is 17.5 Å². The number of aliphatic hydroxyl groups excluding tert-OH is 1. The summed E-state index contributed by atoms with van der Waals surface area (Å²) in [5.41, 5.74) is 2.52. The maximum atomic E-state index is 11.9. The normalized spacial score (nSPS) is 12.1. The molecule has 0 heterocycles. The van der Waals surface area contributed by atoms with Gasteiger partial charge in [0.1, 0.15) is 0 Å². The van der Waals surface area contributed by atoms with E-state index in [9.17, 15) is 14.7 Å². The van der Waals surface area contributed by atoms with Gasteiger partial charge in [0, 0.05) is 5.69 Å². The van der Waals surface area contributed by atoms with E-state index in [-0.39, 0.29) is 6.61 Å². The van der Waals surface area contributed by atoms with Crippen molar-refractivity contribution in [1.82, 2.24) is 5.32 Å². The molecule has 0 saturated heterocycles. The lowest BCUT2D eigenvalue weighted by Crippen LogP contribution is -2.44. The molecule has 116 valence electrons. The van der Waals surface area contributed by atoms with Crippen molar-refractivity contribution in [2.75, 3.05) is 11.9 Å². The molecule has 0 radical (unpaired) electrons. The van der Waals surface area contributed by atoms with E-state index in [1.165, 1.54) is 0 Å². The van der Waals surface area contributed by atoms with Gasteiger partial charge < -0.3 is 15.7 Å². The summed E-state index contributed by atoms with van der Waals surface area (Å²) in [6.45, 7) is 7.58. The number of aliphatic hydroxyl groups is 1. The van der Waals surface area contributed by atoms with Crippen LogP contribution in [-0.4, -0.2) is 29.6 Å². The van der Waals surface area contributed by atoms with Crippen LogP contribution >= 0.6 is 0 Å². The Morgan fingerprint density at radius 2 is 1.86 bits per heavy atom. The summed E-state index contributed by atoms with van der Waals surface area (Å²) in [6, 6.07) is 5.24. The smallest absolute Gasteiger partial charge is 0.313 e. The minimum atomic E-state index is -0.726. The molecule has 5 heteroatoms. The van der Waals surface area contributed by atoms with Crippen LogP contribution in [0.1, 0.15) is 31.4 Å². The number of hydrogen-bond acceptors (Lipinski definition) is 3. The summed E-state index contributed by atoms with van der Waals surface area (Å²) in [5.74, 6) is -1.12. The van der Waals surface area contributed by atoms with Crippen molar-refractivity contribution in [3.05, 3.63) is 29.3 Å². The van der Waals surface area contributed by atoms with Gasteiger partial charge in [-0.2, -0.15) is 0 Å². The van der Waals surface area contributed by atoms with Crippen LogP contribution in [0.3, 0.4) is 0 Å². The highest BCUT2D eigenvalue weighted by Crippen LogP contribution is 2.16. The molecule has 0 spiro atoms. The van der Waals surface area contributed by atoms with Crippen LogP contribution in [0.25, 0.3) is 0 Å². The van der Waals surface area contributed by atoms with Gasteiger partial charge in [0.25, 0.3) is 0 Å². The van der Waals surface area contributed by atoms with Crippen LogP contribution in [0, 0.1) is 19.8 Å². The highest BCUT2D eigenvalue weighted by Gasteiger charge is 2.19. The van der Waals surface area contributed by atoms with Gasteiger partial charge >= 0.3 is 11.8 Å². The molecule has 1 rings (SSSR count). The molecule has 1 aromatic carbocycles. The third kappa shape index (κ3) is 5.55. The zero-order valence-electron chi connectivity index (χ0n) is 13.1. The van der Waals surface area contributed by atoms with Gasteiger partial charge in [-0.15, -0.1) is 0 Å². The van der Waals surface area contributed by atoms with Gasteiger partial charge in [0.2, 0.25) is 0 Å². The van der Waals surface area contributed by atoms with Gasteiger partial charge in [0.15, 0.2) is 0 Å². The molecule has 0 bridgehead atoms. The van der Waals surface area contributed by atoms with E-state index in [0.29, 0.717) is 18.0 Å². The Kier molecular flexibility index (Phi) is 6.37. The molecule has 2 amide bonds. The molecule has 1 unspecified atom stereocenters. The molecule has 3 N–H and O–H groups in total. The number of amides is 2. The molecule has 0 aliphatic carbocycles. The monoisotopic (exact) mass is 292 g/mol. The van der Waals surface area contributed by atoms with Crippen molar-refractivity contribution in [3.8, 4) is 0 Å². The lowest BCUT2D eigenvalue weighted by Gasteiger charge is -2.18. The molecular formula is C16H24N2O3. The summed E-state index contributed by atoms with van der Waals surface area (Å²) in [7, 11) is 0. The zero-order valence-corrected chi connectivity index (χ0v) is 13.1. The second-order valence-corrected chi connectivity index (χ2v) is 5.76. The Labute approximate surface area is 125 Å². The maximum absolute atomic E-state index is 11.9. The average molecular weight is 292 g/mol. The van der Waals surface area contributed by atoms with E-state index >= 15 is 0 Å². The molecule has 21 heavy (non-hydrogen) atoms. The van der Waals surface area contributed by atoms with E-state index < -0.39 is 17.9 Å². The van der Waals surface area contributed by atoms with Crippen molar-refractivity contribution < 1.29 is 14.7 Å². The Hall–Kier alpha value is -1.88. The van der Waals surface area contributed by atoms with Gasteiger partial charge in [-0.05, 0) is 43.4 Å². The lowest BCUT2D eigenvalue weighted by molar-refractivity contribution is -0.136. The topological polar surface area (TPSA) is 78.4 Å². The van der Waals surface area contributed by atoms with Gasteiger partial charge in [-0.1, -0.05) is 26.0 Å². The predicted octanol–water partition coefficient (Wildman–Crippen LogP) is 1.77. The van der Waals surface area contributed by atoms with Crippen LogP contribution in [0.4, 0.5) is 5.69 Å². The van der Waals surface area contributed by atoms with Crippen molar-refractivity contribution in [2.45, 2.75) is 40.2 Å². The van der Waals surface area contributed by atoms with E-state index in [4.69, 9.17) is 0 Å². The third-order valence-corrected chi connectivity index (χ3v) is 3.16. The molecule has 0 saturated carbocycles. The Bertz CT molecular complexity index is 512. The Balaban J connectivity index is 2.66. The highest BCUT2D eigenvalue weighted by molar-refractivity contribution is 6.39. The van der Waals surface area contributed by atoms with Crippen LogP contribution in [0.15, 0.2) is 18.2 Å². The fourth-order valence-corrected chi connectivity index (χ4v) is 2.05. The predicted molar refractivity (Wildman–Crippen MR) is 83.0 cm³/mol. The van der Waals surface area contributed by atoms with E-state index in [1.54, 1.807) is 0 Å². The Morgan fingerprint density at radius 3 is 2.43 bits per heavy atom. The number of carbonyl (C=O) groups excluding carboxylic acids is 2. The first-order valence-corrected chi connectivity index (χ1v) is 7.13. The lowest BCUT2D eigenvalue weighted by atomic mass is 10.0. The SMILES string of the molecule is Cc1ccc(C)c(NC(=O)C(=O)NC(CO)CC(C)C)c1. The summed E-state index contributed by atoms with van der Waals surface area (Å²) in [5, 5.41) is 14.4. The van der Waals surface area contributed by atoms with E-state index in [0.717, 1.165) is 11.1 Å². The first-order chi connectivity index (χ1) is 9.83. The maximum Gasteiger partial charge on any atom is 0.313 e. The fourth-order valence-electron chi connectivity index (χ4n) is 2.05. The fraction of sp³-hybridized carbons (Fsp3) is 0.500. The quantitative estimate of drug-likeness (QED) is 0.724. The second-order valence-electron chi connectivity index (χ2n) is 5.76.